The summed E-state index contributed by atoms with van der Waals surface area (Å²) in [6, 6.07) is 13.7. The van der Waals surface area contributed by atoms with E-state index < -0.39 is 0 Å². The van der Waals surface area contributed by atoms with Crippen molar-refractivity contribution >= 4 is 28.4 Å². The highest BCUT2D eigenvalue weighted by Crippen LogP contribution is 2.47. The van der Waals surface area contributed by atoms with Crippen molar-refractivity contribution < 1.29 is 14.3 Å². The van der Waals surface area contributed by atoms with Crippen LogP contribution < -0.4 is 10.1 Å². The van der Waals surface area contributed by atoms with E-state index in [1.54, 1.807) is 7.11 Å². The summed E-state index contributed by atoms with van der Waals surface area (Å²) in [6.45, 7) is 5.45. The fraction of sp³-hybridized carbons (Fsp3) is 0.440. The number of nitrogens with one attached hydrogen (secondary N) is 1. The Balaban J connectivity index is 1.35. The van der Waals surface area contributed by atoms with Crippen molar-refractivity contribution in [2.24, 2.45) is 0 Å². The van der Waals surface area contributed by atoms with E-state index in [9.17, 15) is 4.79 Å². The van der Waals surface area contributed by atoms with E-state index in [4.69, 9.17) is 26.2 Å². The van der Waals surface area contributed by atoms with Crippen molar-refractivity contribution in [1.29, 1.82) is 0 Å². The smallest absolute Gasteiger partial charge is 0.272 e. The van der Waals surface area contributed by atoms with Crippen LogP contribution in [0.4, 0.5) is 0 Å². The molecule has 0 spiro atoms. The summed E-state index contributed by atoms with van der Waals surface area (Å²) in [5, 5.41) is 9.42. The normalized spacial score (nSPS) is 17.8. The van der Waals surface area contributed by atoms with Crippen molar-refractivity contribution in [1.82, 2.24) is 20.0 Å². The number of ether oxygens (including phenoxy) is 2. The summed E-state index contributed by atoms with van der Waals surface area (Å²) in [5.41, 5.74) is 2.51. The molecular weight excluding hydrogens is 440 g/mol. The van der Waals surface area contributed by atoms with Gasteiger partial charge in [0.05, 0.1) is 26.9 Å². The minimum Gasteiger partial charge on any atom is -0.494 e. The number of morpholine rings is 1. The molecule has 33 heavy (non-hydrogen) atoms. The van der Waals surface area contributed by atoms with Crippen LogP contribution in [0.25, 0.3) is 10.9 Å². The molecule has 2 fully saturated rings. The monoisotopic (exact) mass is 468 g/mol. The molecule has 1 amide bonds. The quantitative estimate of drug-likeness (QED) is 0.548. The van der Waals surface area contributed by atoms with Gasteiger partial charge in [-0.1, -0.05) is 35.9 Å². The lowest BCUT2D eigenvalue weighted by molar-refractivity contribution is 0.0361. The molecule has 1 aromatic heterocycles. The summed E-state index contributed by atoms with van der Waals surface area (Å²) in [5.74, 6) is 0.569. The van der Waals surface area contributed by atoms with Gasteiger partial charge in [-0.2, -0.15) is 5.10 Å². The lowest BCUT2D eigenvalue weighted by Gasteiger charge is -2.26. The number of hydrogen-bond donors (Lipinski definition) is 1. The molecule has 2 aliphatic rings. The first-order valence-corrected chi connectivity index (χ1v) is 11.9. The molecule has 0 atom stereocenters. The minimum atomic E-state index is -0.154. The average Bonchev–Trinajstić information content (AvgIpc) is 3.55. The Hall–Kier alpha value is -2.61. The molecule has 174 valence electrons. The predicted molar refractivity (Wildman–Crippen MR) is 128 cm³/mol. The fourth-order valence-electron chi connectivity index (χ4n) is 4.61. The number of nitrogens with zero attached hydrogens (tertiary/aromatic N) is 3. The molecular formula is C25H29ClN4O3. The third-order valence-corrected chi connectivity index (χ3v) is 7.05. The summed E-state index contributed by atoms with van der Waals surface area (Å²) in [7, 11) is 1.65. The number of carbonyl (C=O) groups excluding carboxylic acids is 1. The molecule has 2 aromatic carbocycles. The Morgan fingerprint density at radius 1 is 1.15 bits per heavy atom. The van der Waals surface area contributed by atoms with Crippen LogP contribution >= 0.6 is 11.6 Å². The van der Waals surface area contributed by atoms with Gasteiger partial charge in [0.25, 0.3) is 5.91 Å². The summed E-state index contributed by atoms with van der Waals surface area (Å²) >= 11 is 6.05. The first kappa shape index (κ1) is 22.2. The molecule has 1 N–H and O–H groups in total. The van der Waals surface area contributed by atoms with Gasteiger partial charge in [-0.25, -0.2) is 0 Å². The second-order valence-electron chi connectivity index (χ2n) is 8.85. The Bertz CT molecular complexity index is 1130. The summed E-state index contributed by atoms with van der Waals surface area (Å²) in [4.78, 5) is 15.6. The fourth-order valence-corrected chi connectivity index (χ4v) is 4.74. The largest absolute Gasteiger partial charge is 0.494 e. The Labute approximate surface area is 198 Å². The van der Waals surface area contributed by atoms with E-state index in [1.807, 2.05) is 35.0 Å². The molecule has 0 radical (unpaired) electrons. The highest BCUT2D eigenvalue weighted by atomic mass is 35.5. The number of para-hydroxylation sites is 1. The molecule has 0 bridgehead atoms. The maximum absolute atomic E-state index is 13.3. The van der Waals surface area contributed by atoms with Crippen LogP contribution in [0, 0.1) is 0 Å². The number of hydrogen-bond acceptors (Lipinski definition) is 5. The van der Waals surface area contributed by atoms with Crippen LogP contribution in [-0.2, 0) is 16.7 Å². The SMILES string of the molecule is COc1cccc2c(C(=O)NCC3(c4ccc(Cl)cc4)CC3)nn(CCN3CCOCC3)c12. The second-order valence-corrected chi connectivity index (χ2v) is 9.29. The molecule has 8 heteroatoms. The standard InChI is InChI=1S/C25H29ClN4O3/c1-32-21-4-2-3-20-22(28-30(23(20)21)12-11-29-13-15-33-16-14-29)24(31)27-17-25(9-10-25)18-5-7-19(26)8-6-18/h2-8H,9-17H2,1H3,(H,27,31). The Kier molecular flexibility index (Phi) is 6.27. The predicted octanol–water partition coefficient (Wildman–Crippen LogP) is 3.49. The Morgan fingerprint density at radius 3 is 2.61 bits per heavy atom. The zero-order valence-corrected chi connectivity index (χ0v) is 19.6. The zero-order chi connectivity index (χ0) is 22.8. The molecule has 1 aliphatic carbocycles. The minimum absolute atomic E-state index is 0.00730. The molecule has 3 aromatic rings. The number of rotatable bonds is 8. The van der Waals surface area contributed by atoms with Gasteiger partial charge >= 0.3 is 0 Å². The van der Waals surface area contributed by atoms with Gasteiger partial charge in [0.2, 0.25) is 0 Å². The van der Waals surface area contributed by atoms with Crippen LogP contribution in [0.1, 0.15) is 28.9 Å². The van der Waals surface area contributed by atoms with Crippen LogP contribution in [0.2, 0.25) is 5.02 Å². The molecule has 1 aliphatic heterocycles. The van der Waals surface area contributed by atoms with Gasteiger partial charge in [0.15, 0.2) is 5.69 Å². The summed E-state index contributed by atoms with van der Waals surface area (Å²) in [6.07, 6.45) is 2.11. The van der Waals surface area contributed by atoms with Gasteiger partial charge in [-0.05, 0) is 36.6 Å². The molecule has 2 heterocycles. The van der Waals surface area contributed by atoms with Gasteiger partial charge in [-0.3, -0.25) is 14.4 Å². The number of benzene rings is 2. The first-order chi connectivity index (χ1) is 16.1. The number of amides is 1. The highest BCUT2D eigenvalue weighted by Gasteiger charge is 2.44. The second kappa shape index (κ2) is 9.33. The van der Waals surface area contributed by atoms with Crippen molar-refractivity contribution in [3.63, 3.8) is 0 Å². The highest BCUT2D eigenvalue weighted by molar-refractivity contribution is 6.30. The molecule has 0 unspecified atom stereocenters. The lowest BCUT2D eigenvalue weighted by Crippen LogP contribution is -2.38. The number of halogens is 1. The van der Waals surface area contributed by atoms with E-state index in [-0.39, 0.29) is 11.3 Å². The van der Waals surface area contributed by atoms with Gasteiger partial charge in [0.1, 0.15) is 11.3 Å². The molecule has 5 rings (SSSR count). The summed E-state index contributed by atoms with van der Waals surface area (Å²) < 4.78 is 13.0. The third-order valence-electron chi connectivity index (χ3n) is 6.80. The molecule has 1 saturated carbocycles. The van der Waals surface area contributed by atoms with Crippen molar-refractivity contribution in [3.05, 3.63) is 58.7 Å². The lowest BCUT2D eigenvalue weighted by atomic mass is 9.96. The van der Waals surface area contributed by atoms with Gasteiger partial charge < -0.3 is 14.8 Å². The first-order valence-electron chi connectivity index (χ1n) is 11.5. The van der Waals surface area contributed by atoms with Crippen molar-refractivity contribution in [2.45, 2.75) is 24.8 Å². The average molecular weight is 469 g/mol. The zero-order valence-electron chi connectivity index (χ0n) is 18.8. The van der Waals surface area contributed by atoms with Crippen LogP contribution in [0.5, 0.6) is 5.75 Å². The van der Waals surface area contributed by atoms with Crippen LogP contribution in [-0.4, -0.2) is 67.1 Å². The third kappa shape index (κ3) is 4.58. The number of aromatic nitrogens is 2. The maximum atomic E-state index is 13.3. The van der Waals surface area contributed by atoms with E-state index in [0.29, 0.717) is 18.8 Å². The maximum Gasteiger partial charge on any atom is 0.272 e. The van der Waals surface area contributed by atoms with E-state index in [1.165, 1.54) is 5.56 Å². The number of methoxy groups -OCH3 is 1. The molecule has 1 saturated heterocycles. The van der Waals surface area contributed by atoms with Crippen molar-refractivity contribution in [3.8, 4) is 5.75 Å². The van der Waals surface area contributed by atoms with E-state index in [2.05, 4.69) is 22.3 Å². The van der Waals surface area contributed by atoms with Crippen LogP contribution in [0.3, 0.4) is 0 Å². The number of carbonyl (C=O) groups is 1. The van der Waals surface area contributed by atoms with Gasteiger partial charge in [0, 0.05) is 42.0 Å². The van der Waals surface area contributed by atoms with Crippen LogP contribution in [0.15, 0.2) is 42.5 Å². The Morgan fingerprint density at radius 2 is 1.91 bits per heavy atom. The van der Waals surface area contributed by atoms with E-state index >= 15 is 0 Å². The molecule has 7 nitrogen and oxygen atoms in total. The number of fused-ring (bicyclic) bond motifs is 1. The van der Waals surface area contributed by atoms with Gasteiger partial charge in [-0.15, -0.1) is 0 Å². The van der Waals surface area contributed by atoms with Crippen molar-refractivity contribution in [2.75, 3.05) is 46.5 Å². The van der Waals surface area contributed by atoms with E-state index in [0.717, 1.165) is 67.4 Å². The topological polar surface area (TPSA) is 68.6 Å².